The summed E-state index contributed by atoms with van der Waals surface area (Å²) in [4.78, 5) is 24.2. The molecule has 116 valence electrons. The highest BCUT2D eigenvalue weighted by atomic mass is 19.1. The molecule has 1 unspecified atom stereocenters. The van der Waals surface area contributed by atoms with Crippen LogP contribution in [0.15, 0.2) is 60.3 Å². The van der Waals surface area contributed by atoms with Crippen molar-refractivity contribution in [2.75, 3.05) is 0 Å². The van der Waals surface area contributed by atoms with Crippen LogP contribution in [0.3, 0.4) is 0 Å². The van der Waals surface area contributed by atoms with E-state index in [1.165, 1.54) is 42.6 Å². The van der Waals surface area contributed by atoms with Crippen LogP contribution in [-0.2, 0) is 0 Å². The number of hydrogen-bond donors (Lipinski definition) is 3. The number of nitrogens with one attached hydrogen (secondary N) is 2. The number of halogens is 1. The highest BCUT2D eigenvalue weighted by Crippen LogP contribution is 2.27. The van der Waals surface area contributed by atoms with Crippen LogP contribution in [-0.4, -0.2) is 16.9 Å². The van der Waals surface area contributed by atoms with Crippen LogP contribution < -0.4 is 10.6 Å². The van der Waals surface area contributed by atoms with Gasteiger partial charge in [0, 0.05) is 17.3 Å². The van der Waals surface area contributed by atoms with Gasteiger partial charge >= 0.3 is 6.03 Å². The molecule has 0 aliphatic carbocycles. The third-order valence-electron chi connectivity index (χ3n) is 3.54. The fourth-order valence-corrected chi connectivity index (χ4v) is 2.37. The quantitative estimate of drug-likeness (QED) is 0.762. The minimum absolute atomic E-state index is 0.0874. The van der Waals surface area contributed by atoms with Crippen molar-refractivity contribution in [3.05, 3.63) is 77.2 Å². The predicted octanol–water partition coefficient (Wildman–Crippen LogP) is 2.65. The summed E-state index contributed by atoms with van der Waals surface area (Å²) < 4.78 is 13.0. The minimum atomic E-state index is -0.651. The molecule has 0 radical (unpaired) electrons. The molecule has 2 aromatic carbocycles. The van der Waals surface area contributed by atoms with Crippen LogP contribution >= 0.6 is 0 Å². The van der Waals surface area contributed by atoms with E-state index < -0.39 is 17.9 Å². The van der Waals surface area contributed by atoms with E-state index in [9.17, 15) is 19.1 Å². The first-order valence-electron chi connectivity index (χ1n) is 6.91. The number of carbonyl (C=O) groups excluding carboxylic acids is 2. The maximum Gasteiger partial charge on any atom is 0.319 e. The van der Waals surface area contributed by atoms with E-state index in [1.807, 2.05) is 0 Å². The Morgan fingerprint density at radius 2 is 1.70 bits per heavy atom. The van der Waals surface area contributed by atoms with Gasteiger partial charge in [0.05, 0.1) is 6.04 Å². The second-order valence-electron chi connectivity index (χ2n) is 5.08. The van der Waals surface area contributed by atoms with E-state index in [1.54, 1.807) is 12.1 Å². The third-order valence-corrected chi connectivity index (χ3v) is 3.54. The lowest BCUT2D eigenvalue weighted by molar-refractivity contribution is 0.102. The largest absolute Gasteiger partial charge is 0.508 e. The van der Waals surface area contributed by atoms with E-state index >= 15 is 0 Å². The maximum absolute atomic E-state index is 13.0. The Bertz CT molecular complexity index is 782. The highest BCUT2D eigenvalue weighted by Gasteiger charge is 2.28. The monoisotopic (exact) mass is 312 g/mol. The molecule has 5 nitrogen and oxygen atoms in total. The van der Waals surface area contributed by atoms with Gasteiger partial charge in [0.1, 0.15) is 11.6 Å². The molecule has 0 fully saturated rings. The van der Waals surface area contributed by atoms with Gasteiger partial charge in [-0.2, -0.15) is 0 Å². The van der Waals surface area contributed by atoms with Crippen LogP contribution in [0.4, 0.5) is 9.18 Å². The number of amides is 2. The normalized spacial score (nSPS) is 17.0. The Balaban J connectivity index is 1.97. The average molecular weight is 312 g/mol. The van der Waals surface area contributed by atoms with Gasteiger partial charge < -0.3 is 15.7 Å². The molecule has 2 amide bonds. The third kappa shape index (κ3) is 3.06. The summed E-state index contributed by atoms with van der Waals surface area (Å²) in [5.74, 6) is -0.666. The van der Waals surface area contributed by atoms with Crippen LogP contribution in [0.2, 0.25) is 0 Å². The summed E-state index contributed by atoms with van der Waals surface area (Å²) in [6.45, 7) is 0. The molecule has 0 saturated heterocycles. The molecule has 3 N–H and O–H groups in total. The smallest absolute Gasteiger partial charge is 0.319 e. The summed E-state index contributed by atoms with van der Waals surface area (Å²) in [6.07, 6.45) is 1.35. The van der Waals surface area contributed by atoms with Gasteiger partial charge in [0.25, 0.3) is 0 Å². The number of carbonyl (C=O) groups is 2. The zero-order chi connectivity index (χ0) is 16.4. The summed E-state index contributed by atoms with van der Waals surface area (Å²) in [5.41, 5.74) is 1.29. The van der Waals surface area contributed by atoms with Gasteiger partial charge in [0.15, 0.2) is 5.78 Å². The lowest BCUT2D eigenvalue weighted by Crippen LogP contribution is -2.42. The van der Waals surface area contributed by atoms with Crippen LogP contribution in [0, 0.1) is 5.82 Å². The van der Waals surface area contributed by atoms with Gasteiger partial charge in [0.2, 0.25) is 0 Å². The van der Waals surface area contributed by atoms with Crippen molar-refractivity contribution in [1.29, 1.82) is 0 Å². The van der Waals surface area contributed by atoms with Gasteiger partial charge in [-0.05, 0) is 42.0 Å². The molecule has 6 heteroatoms. The molecule has 0 spiro atoms. The van der Waals surface area contributed by atoms with Gasteiger partial charge in [-0.15, -0.1) is 0 Å². The van der Waals surface area contributed by atoms with Crippen molar-refractivity contribution < 1.29 is 19.1 Å². The second kappa shape index (κ2) is 5.92. The van der Waals surface area contributed by atoms with Gasteiger partial charge in [-0.25, -0.2) is 9.18 Å². The van der Waals surface area contributed by atoms with E-state index in [0.717, 1.165) is 0 Å². The molecular weight excluding hydrogens is 299 g/mol. The number of ketones is 1. The molecule has 1 aliphatic heterocycles. The standard InChI is InChI=1S/C17H13FN2O3/c18-12-5-1-11(2-6-12)16(22)14-9-19-17(23)20-15(14)10-3-7-13(21)8-4-10/h1-9,15,21H,(H2,19,20,23). The van der Waals surface area contributed by atoms with Crippen molar-refractivity contribution in [3.8, 4) is 5.75 Å². The van der Waals surface area contributed by atoms with E-state index in [0.29, 0.717) is 16.7 Å². The molecule has 0 saturated carbocycles. The van der Waals surface area contributed by atoms with Crippen molar-refractivity contribution >= 4 is 11.8 Å². The number of phenolic OH excluding ortho intramolecular Hbond substituents is 1. The lowest BCUT2D eigenvalue weighted by Gasteiger charge is -2.25. The second-order valence-corrected chi connectivity index (χ2v) is 5.08. The molecule has 2 aromatic rings. The Kier molecular flexibility index (Phi) is 3.80. The maximum atomic E-state index is 13.0. The Labute approximate surface area is 131 Å². The molecule has 0 bridgehead atoms. The van der Waals surface area contributed by atoms with Gasteiger partial charge in [-0.1, -0.05) is 12.1 Å². The summed E-state index contributed by atoms with van der Waals surface area (Å²) in [6, 6.07) is 10.3. The Morgan fingerprint density at radius 3 is 2.35 bits per heavy atom. The number of rotatable bonds is 3. The zero-order valence-corrected chi connectivity index (χ0v) is 11.9. The first-order chi connectivity index (χ1) is 11.0. The van der Waals surface area contributed by atoms with Crippen molar-refractivity contribution in [2.45, 2.75) is 6.04 Å². The molecule has 1 heterocycles. The number of benzene rings is 2. The molecule has 1 aliphatic rings. The van der Waals surface area contributed by atoms with Crippen LogP contribution in [0.25, 0.3) is 0 Å². The van der Waals surface area contributed by atoms with Gasteiger partial charge in [-0.3, -0.25) is 4.79 Å². The predicted molar refractivity (Wildman–Crippen MR) is 81.3 cm³/mol. The van der Waals surface area contributed by atoms with E-state index in [4.69, 9.17) is 0 Å². The Hall–Kier alpha value is -3.15. The summed E-state index contributed by atoms with van der Waals surface area (Å²) in [7, 11) is 0. The first-order valence-corrected chi connectivity index (χ1v) is 6.91. The van der Waals surface area contributed by atoms with E-state index in [-0.39, 0.29) is 11.5 Å². The van der Waals surface area contributed by atoms with Crippen molar-refractivity contribution in [2.24, 2.45) is 0 Å². The lowest BCUT2D eigenvalue weighted by atomic mass is 9.92. The first kappa shape index (κ1) is 14.8. The SMILES string of the molecule is O=C1NC=C(C(=O)c2ccc(F)cc2)C(c2ccc(O)cc2)N1. The number of urea groups is 1. The minimum Gasteiger partial charge on any atom is -0.508 e. The topological polar surface area (TPSA) is 78.4 Å². The van der Waals surface area contributed by atoms with Crippen LogP contribution in [0.5, 0.6) is 5.75 Å². The molecule has 23 heavy (non-hydrogen) atoms. The number of phenols is 1. The Morgan fingerprint density at radius 1 is 1.04 bits per heavy atom. The van der Waals surface area contributed by atoms with Crippen molar-refractivity contribution in [1.82, 2.24) is 10.6 Å². The van der Waals surface area contributed by atoms with Crippen LogP contribution in [0.1, 0.15) is 22.0 Å². The average Bonchev–Trinajstić information content (AvgIpc) is 2.55. The number of hydrogen-bond acceptors (Lipinski definition) is 3. The molecular formula is C17H13FN2O3. The van der Waals surface area contributed by atoms with E-state index in [2.05, 4.69) is 10.6 Å². The highest BCUT2D eigenvalue weighted by molar-refractivity contribution is 6.10. The summed E-state index contributed by atoms with van der Waals surface area (Å²) >= 11 is 0. The number of aromatic hydroxyl groups is 1. The fraction of sp³-hybridized carbons (Fsp3) is 0.0588. The molecule has 0 aromatic heterocycles. The summed E-state index contributed by atoms with van der Waals surface area (Å²) in [5, 5.41) is 14.5. The number of Topliss-reactive ketones (excluding diaryl/α,β-unsaturated/α-hetero) is 1. The van der Waals surface area contributed by atoms with Crippen molar-refractivity contribution in [3.63, 3.8) is 0 Å². The molecule has 3 rings (SSSR count). The zero-order valence-electron chi connectivity index (χ0n) is 11.9. The molecule has 1 atom stereocenters. The fourth-order valence-electron chi connectivity index (χ4n) is 2.37.